The van der Waals surface area contributed by atoms with Crippen molar-refractivity contribution in [3.63, 3.8) is 0 Å². The van der Waals surface area contributed by atoms with Gasteiger partial charge in [0.15, 0.2) is 17.4 Å². The first-order valence-electron chi connectivity index (χ1n) is 8.22. The smallest absolute Gasteiger partial charge is 0.209 e. The normalized spacial score (nSPS) is 11.3. The second-order valence-electron chi connectivity index (χ2n) is 5.81. The summed E-state index contributed by atoms with van der Waals surface area (Å²) in [6, 6.07) is 18.3. The standard InChI is InChI=1S/C18H13N7OS/c1-2-4-12-9-13(6-5-11(12)3-1)14-7-8-15(26-14)17-19-18(23-22-17)27-10-16-20-24-25-21-16/h1-9H,10H2,(H,19,22,23)(H,20,21,24,25). The lowest BCUT2D eigenvalue weighted by molar-refractivity contribution is 0.592. The molecule has 0 saturated heterocycles. The van der Waals surface area contributed by atoms with Gasteiger partial charge in [-0.15, -0.1) is 15.3 Å². The van der Waals surface area contributed by atoms with E-state index in [2.05, 4.69) is 66.1 Å². The monoisotopic (exact) mass is 375 g/mol. The van der Waals surface area contributed by atoms with Crippen LogP contribution >= 0.6 is 11.8 Å². The number of thioether (sulfide) groups is 1. The summed E-state index contributed by atoms with van der Waals surface area (Å²) < 4.78 is 5.99. The van der Waals surface area contributed by atoms with Crippen LogP contribution in [0.25, 0.3) is 33.7 Å². The summed E-state index contributed by atoms with van der Waals surface area (Å²) in [5, 5.41) is 23.8. The van der Waals surface area contributed by atoms with E-state index in [1.165, 1.54) is 22.5 Å². The molecular formula is C18H13N7OS. The number of fused-ring (bicyclic) bond motifs is 1. The van der Waals surface area contributed by atoms with Crippen molar-refractivity contribution >= 4 is 22.5 Å². The molecule has 0 aliphatic carbocycles. The third kappa shape index (κ3) is 3.20. The van der Waals surface area contributed by atoms with Crippen molar-refractivity contribution in [3.05, 3.63) is 60.4 Å². The highest BCUT2D eigenvalue weighted by Crippen LogP contribution is 2.29. The number of benzene rings is 2. The highest BCUT2D eigenvalue weighted by Gasteiger charge is 2.12. The number of nitrogens with zero attached hydrogens (tertiary/aromatic N) is 5. The maximum absolute atomic E-state index is 5.99. The molecule has 0 atom stereocenters. The van der Waals surface area contributed by atoms with Crippen molar-refractivity contribution < 1.29 is 4.42 Å². The van der Waals surface area contributed by atoms with Crippen LogP contribution in [0.2, 0.25) is 0 Å². The van der Waals surface area contributed by atoms with E-state index in [9.17, 15) is 0 Å². The molecule has 9 heteroatoms. The molecule has 5 rings (SSSR count). The molecule has 3 heterocycles. The second kappa shape index (κ2) is 6.69. The number of tetrazole rings is 1. The van der Waals surface area contributed by atoms with Gasteiger partial charge in [0, 0.05) is 5.56 Å². The third-order valence-electron chi connectivity index (χ3n) is 4.06. The van der Waals surface area contributed by atoms with Crippen molar-refractivity contribution in [2.45, 2.75) is 10.9 Å². The highest BCUT2D eigenvalue weighted by atomic mass is 32.2. The molecule has 0 spiro atoms. The van der Waals surface area contributed by atoms with Gasteiger partial charge in [0.05, 0.1) is 5.75 Å². The summed E-state index contributed by atoms with van der Waals surface area (Å²) in [7, 11) is 0. The van der Waals surface area contributed by atoms with Gasteiger partial charge < -0.3 is 4.42 Å². The van der Waals surface area contributed by atoms with E-state index in [-0.39, 0.29) is 0 Å². The van der Waals surface area contributed by atoms with Crippen molar-refractivity contribution in [1.29, 1.82) is 0 Å². The Kier molecular flexibility index (Phi) is 3.91. The number of H-pyrrole nitrogens is 2. The molecule has 0 saturated carbocycles. The number of aromatic nitrogens is 7. The minimum Gasteiger partial charge on any atom is -0.453 e. The average Bonchev–Trinajstić information content (AvgIpc) is 3.47. The molecule has 0 bridgehead atoms. The molecule has 132 valence electrons. The quantitative estimate of drug-likeness (QED) is 0.451. The summed E-state index contributed by atoms with van der Waals surface area (Å²) in [4.78, 5) is 4.45. The van der Waals surface area contributed by atoms with Crippen LogP contribution in [-0.2, 0) is 5.75 Å². The SMILES string of the molecule is c1ccc2cc(-c3ccc(-c4nc(SCc5nn[nH]n5)n[nH]4)o3)ccc2c1. The first-order valence-corrected chi connectivity index (χ1v) is 9.21. The third-order valence-corrected chi connectivity index (χ3v) is 4.90. The highest BCUT2D eigenvalue weighted by molar-refractivity contribution is 7.98. The summed E-state index contributed by atoms with van der Waals surface area (Å²) in [5.74, 6) is 3.14. The fourth-order valence-electron chi connectivity index (χ4n) is 2.76. The Hall–Kier alpha value is -3.46. The summed E-state index contributed by atoms with van der Waals surface area (Å²) >= 11 is 1.42. The predicted octanol–water partition coefficient (Wildman–Crippen LogP) is 3.69. The number of hydrogen-bond donors (Lipinski definition) is 2. The topological polar surface area (TPSA) is 109 Å². The van der Waals surface area contributed by atoms with E-state index in [0.717, 1.165) is 11.3 Å². The molecule has 0 radical (unpaired) electrons. The molecule has 5 aromatic rings. The van der Waals surface area contributed by atoms with Crippen molar-refractivity contribution in [3.8, 4) is 22.9 Å². The van der Waals surface area contributed by atoms with Gasteiger partial charge in [-0.1, -0.05) is 53.4 Å². The number of rotatable bonds is 5. The summed E-state index contributed by atoms with van der Waals surface area (Å²) in [6.45, 7) is 0. The molecule has 0 aliphatic heterocycles. The van der Waals surface area contributed by atoms with E-state index in [4.69, 9.17) is 4.42 Å². The van der Waals surface area contributed by atoms with Crippen LogP contribution in [-0.4, -0.2) is 35.8 Å². The molecule has 2 aromatic carbocycles. The number of furan rings is 1. The minimum absolute atomic E-state index is 0.536. The van der Waals surface area contributed by atoms with Crippen LogP contribution in [0.3, 0.4) is 0 Å². The predicted molar refractivity (Wildman–Crippen MR) is 101 cm³/mol. The van der Waals surface area contributed by atoms with Crippen LogP contribution in [0.15, 0.2) is 64.2 Å². The summed E-state index contributed by atoms with van der Waals surface area (Å²) in [5.41, 5.74) is 1.02. The van der Waals surface area contributed by atoms with Gasteiger partial charge in [-0.3, -0.25) is 5.10 Å². The Morgan fingerprint density at radius 1 is 0.926 bits per heavy atom. The molecule has 0 unspecified atom stereocenters. The number of aromatic amines is 2. The van der Waals surface area contributed by atoms with Crippen molar-refractivity contribution in [1.82, 2.24) is 35.8 Å². The zero-order chi connectivity index (χ0) is 18.1. The van der Waals surface area contributed by atoms with Crippen LogP contribution in [0, 0.1) is 0 Å². The lowest BCUT2D eigenvalue weighted by Crippen LogP contribution is -1.85. The molecule has 27 heavy (non-hydrogen) atoms. The Morgan fingerprint density at radius 2 is 1.81 bits per heavy atom. The van der Waals surface area contributed by atoms with E-state index in [0.29, 0.717) is 28.3 Å². The molecule has 2 N–H and O–H groups in total. The van der Waals surface area contributed by atoms with E-state index >= 15 is 0 Å². The number of nitrogens with one attached hydrogen (secondary N) is 2. The van der Waals surface area contributed by atoms with Crippen molar-refractivity contribution in [2.24, 2.45) is 0 Å². The molecular weight excluding hydrogens is 362 g/mol. The lowest BCUT2D eigenvalue weighted by Gasteiger charge is -2.01. The molecule has 0 amide bonds. The van der Waals surface area contributed by atoms with Gasteiger partial charge in [-0.05, 0) is 29.0 Å². The second-order valence-corrected chi connectivity index (χ2v) is 6.75. The molecule has 0 aliphatic rings. The minimum atomic E-state index is 0.536. The maximum atomic E-state index is 5.99. The van der Waals surface area contributed by atoms with Crippen LogP contribution < -0.4 is 0 Å². The van der Waals surface area contributed by atoms with Crippen LogP contribution in [0.5, 0.6) is 0 Å². The van der Waals surface area contributed by atoms with Gasteiger partial charge in [0.1, 0.15) is 5.76 Å². The van der Waals surface area contributed by atoms with Gasteiger partial charge in [0.2, 0.25) is 5.16 Å². The zero-order valence-electron chi connectivity index (χ0n) is 14.0. The molecule has 3 aromatic heterocycles. The van der Waals surface area contributed by atoms with Crippen molar-refractivity contribution in [2.75, 3.05) is 0 Å². The Balaban J connectivity index is 1.37. The van der Waals surface area contributed by atoms with E-state index in [1.54, 1.807) is 0 Å². The van der Waals surface area contributed by atoms with E-state index < -0.39 is 0 Å². The van der Waals surface area contributed by atoms with E-state index in [1.807, 2.05) is 24.3 Å². The molecule has 8 nitrogen and oxygen atoms in total. The fourth-order valence-corrected chi connectivity index (χ4v) is 3.40. The van der Waals surface area contributed by atoms with Crippen LogP contribution in [0.4, 0.5) is 0 Å². The number of hydrogen-bond acceptors (Lipinski definition) is 7. The van der Waals surface area contributed by atoms with Gasteiger partial charge in [-0.2, -0.15) is 10.2 Å². The lowest BCUT2D eigenvalue weighted by atomic mass is 10.1. The average molecular weight is 375 g/mol. The first-order chi connectivity index (χ1) is 13.3. The maximum Gasteiger partial charge on any atom is 0.209 e. The Morgan fingerprint density at radius 3 is 2.70 bits per heavy atom. The largest absolute Gasteiger partial charge is 0.453 e. The van der Waals surface area contributed by atoms with Gasteiger partial charge in [0.25, 0.3) is 0 Å². The van der Waals surface area contributed by atoms with Crippen LogP contribution in [0.1, 0.15) is 5.82 Å². The van der Waals surface area contributed by atoms with Gasteiger partial charge >= 0.3 is 0 Å². The zero-order valence-corrected chi connectivity index (χ0v) is 14.8. The first kappa shape index (κ1) is 15.8. The Bertz CT molecular complexity index is 1200. The Labute approximate surface area is 157 Å². The summed E-state index contributed by atoms with van der Waals surface area (Å²) in [6.07, 6.45) is 0. The fraction of sp³-hybridized carbons (Fsp3) is 0.0556. The van der Waals surface area contributed by atoms with Gasteiger partial charge in [-0.25, -0.2) is 0 Å². The molecule has 0 fully saturated rings.